The van der Waals surface area contributed by atoms with E-state index in [9.17, 15) is 4.79 Å². The highest BCUT2D eigenvalue weighted by Gasteiger charge is 2.01. The van der Waals surface area contributed by atoms with Gasteiger partial charge < -0.3 is 9.84 Å². The van der Waals surface area contributed by atoms with Gasteiger partial charge in [0.05, 0.1) is 0 Å². The molecule has 4 heteroatoms. The summed E-state index contributed by atoms with van der Waals surface area (Å²) in [6.07, 6.45) is 2.72. The van der Waals surface area contributed by atoms with Gasteiger partial charge in [0.1, 0.15) is 12.4 Å². The normalized spacial score (nSPS) is 10.9. The van der Waals surface area contributed by atoms with Crippen LogP contribution in [0.25, 0.3) is 6.08 Å². The zero-order chi connectivity index (χ0) is 14.5. The van der Waals surface area contributed by atoms with Gasteiger partial charge in [0, 0.05) is 11.0 Å². The number of aryl methyl sites for hydroxylation is 2. The number of hydrogen-bond acceptors (Lipinski definition) is 3. The Labute approximate surface area is 122 Å². The van der Waals surface area contributed by atoms with Crippen molar-refractivity contribution in [2.75, 3.05) is 0 Å². The topological polar surface area (TPSA) is 46.5 Å². The summed E-state index contributed by atoms with van der Waals surface area (Å²) in [6.45, 7) is 4.62. The number of carboxylic acids is 1. The number of hydrogen-bond donors (Lipinski definition) is 1. The Morgan fingerprint density at radius 1 is 1.30 bits per heavy atom. The largest absolute Gasteiger partial charge is 0.488 e. The van der Waals surface area contributed by atoms with Crippen LogP contribution in [0.15, 0.2) is 35.7 Å². The molecule has 0 saturated heterocycles. The van der Waals surface area contributed by atoms with Gasteiger partial charge in [-0.05, 0) is 60.2 Å². The molecule has 20 heavy (non-hydrogen) atoms. The third kappa shape index (κ3) is 3.96. The van der Waals surface area contributed by atoms with Crippen molar-refractivity contribution in [2.24, 2.45) is 0 Å². The van der Waals surface area contributed by atoms with Crippen LogP contribution in [-0.4, -0.2) is 11.1 Å². The highest BCUT2D eigenvalue weighted by atomic mass is 32.1. The van der Waals surface area contributed by atoms with Gasteiger partial charge in [-0.15, -0.1) is 11.3 Å². The van der Waals surface area contributed by atoms with Crippen LogP contribution >= 0.6 is 11.3 Å². The molecule has 0 bridgehead atoms. The third-order valence-electron chi connectivity index (χ3n) is 2.95. The van der Waals surface area contributed by atoms with Gasteiger partial charge in [-0.25, -0.2) is 4.79 Å². The number of ether oxygens (including phenoxy) is 1. The molecule has 2 rings (SSSR count). The van der Waals surface area contributed by atoms with Crippen LogP contribution in [0, 0.1) is 13.8 Å². The highest BCUT2D eigenvalue weighted by Crippen LogP contribution is 2.21. The van der Waals surface area contributed by atoms with Gasteiger partial charge in [0.15, 0.2) is 0 Å². The van der Waals surface area contributed by atoms with E-state index in [2.05, 4.69) is 13.8 Å². The minimum atomic E-state index is -0.941. The number of carbonyl (C=O) groups is 1. The quantitative estimate of drug-likeness (QED) is 0.845. The molecular weight excluding hydrogens is 272 g/mol. The van der Waals surface area contributed by atoms with Crippen molar-refractivity contribution in [2.45, 2.75) is 20.5 Å². The number of aliphatic carboxylic acids is 1. The van der Waals surface area contributed by atoms with Crippen molar-refractivity contribution in [3.63, 3.8) is 0 Å². The van der Waals surface area contributed by atoms with E-state index >= 15 is 0 Å². The molecule has 0 aliphatic heterocycles. The van der Waals surface area contributed by atoms with E-state index in [1.807, 2.05) is 29.6 Å². The number of carboxylic acid groups (broad SMARTS) is 1. The summed E-state index contributed by atoms with van der Waals surface area (Å²) in [4.78, 5) is 11.5. The van der Waals surface area contributed by atoms with E-state index in [0.717, 1.165) is 22.3 Å². The van der Waals surface area contributed by atoms with Crippen LogP contribution in [0.5, 0.6) is 5.75 Å². The first-order chi connectivity index (χ1) is 9.54. The maximum Gasteiger partial charge on any atom is 0.328 e. The van der Waals surface area contributed by atoms with Crippen LogP contribution in [0.1, 0.15) is 21.6 Å². The molecule has 0 aliphatic rings. The SMILES string of the molecule is Cc1ccc(OCc2cc(C=CC(=O)O)cs2)cc1C. The van der Waals surface area contributed by atoms with Gasteiger partial charge in [-0.2, -0.15) is 0 Å². The minimum Gasteiger partial charge on any atom is -0.488 e. The lowest BCUT2D eigenvalue weighted by Gasteiger charge is -2.07. The first-order valence-corrected chi connectivity index (χ1v) is 7.11. The summed E-state index contributed by atoms with van der Waals surface area (Å²) in [5, 5.41) is 10.5. The van der Waals surface area contributed by atoms with E-state index in [1.165, 1.54) is 11.1 Å². The Hall–Kier alpha value is -2.07. The van der Waals surface area contributed by atoms with Gasteiger partial charge in [-0.1, -0.05) is 6.07 Å². The standard InChI is InChI=1S/C16H16O3S/c1-11-3-5-14(7-12(11)2)19-9-15-8-13(10-20-15)4-6-16(17)18/h3-8,10H,9H2,1-2H3,(H,17,18). The van der Waals surface area contributed by atoms with Crippen molar-refractivity contribution in [1.29, 1.82) is 0 Å². The highest BCUT2D eigenvalue weighted by molar-refractivity contribution is 7.10. The monoisotopic (exact) mass is 288 g/mol. The van der Waals surface area contributed by atoms with Crippen molar-refractivity contribution in [1.82, 2.24) is 0 Å². The van der Waals surface area contributed by atoms with Crippen LogP contribution in [0.3, 0.4) is 0 Å². The van der Waals surface area contributed by atoms with E-state index in [1.54, 1.807) is 17.4 Å². The number of rotatable bonds is 5. The molecule has 1 aromatic heterocycles. The molecule has 0 atom stereocenters. The molecule has 3 nitrogen and oxygen atoms in total. The molecule has 2 aromatic rings. The lowest BCUT2D eigenvalue weighted by molar-refractivity contribution is -0.131. The second-order valence-corrected chi connectivity index (χ2v) is 5.55. The maximum absolute atomic E-state index is 10.4. The first kappa shape index (κ1) is 14.3. The Bertz CT molecular complexity index is 641. The Morgan fingerprint density at radius 3 is 2.80 bits per heavy atom. The Balaban J connectivity index is 1.97. The summed E-state index contributed by atoms with van der Waals surface area (Å²) in [7, 11) is 0. The van der Waals surface area contributed by atoms with Crippen molar-refractivity contribution in [3.8, 4) is 5.75 Å². The van der Waals surface area contributed by atoms with Crippen LogP contribution < -0.4 is 4.74 Å². The van der Waals surface area contributed by atoms with Crippen LogP contribution in [0.2, 0.25) is 0 Å². The lowest BCUT2D eigenvalue weighted by atomic mass is 10.1. The fourth-order valence-electron chi connectivity index (χ4n) is 1.69. The van der Waals surface area contributed by atoms with E-state index in [-0.39, 0.29) is 0 Å². The lowest BCUT2D eigenvalue weighted by Crippen LogP contribution is -1.93. The molecule has 0 radical (unpaired) electrons. The Morgan fingerprint density at radius 2 is 2.10 bits per heavy atom. The van der Waals surface area contributed by atoms with Gasteiger partial charge in [0.25, 0.3) is 0 Å². The predicted octanol–water partition coefficient (Wildman–Crippen LogP) is 4.04. The summed E-state index contributed by atoms with van der Waals surface area (Å²) in [6, 6.07) is 7.96. The Kier molecular flexibility index (Phi) is 4.58. The second-order valence-electron chi connectivity index (χ2n) is 4.55. The van der Waals surface area contributed by atoms with Crippen molar-refractivity contribution in [3.05, 3.63) is 57.3 Å². The fourth-order valence-corrected chi connectivity index (χ4v) is 2.45. The molecule has 104 valence electrons. The molecule has 1 N–H and O–H groups in total. The zero-order valence-corrected chi connectivity index (χ0v) is 12.2. The van der Waals surface area contributed by atoms with Crippen molar-refractivity contribution < 1.29 is 14.6 Å². The molecule has 0 saturated carbocycles. The molecule has 1 heterocycles. The zero-order valence-electron chi connectivity index (χ0n) is 11.4. The summed E-state index contributed by atoms with van der Waals surface area (Å²) in [5.41, 5.74) is 3.34. The summed E-state index contributed by atoms with van der Waals surface area (Å²) < 4.78 is 5.74. The average molecular weight is 288 g/mol. The first-order valence-electron chi connectivity index (χ1n) is 6.23. The third-order valence-corrected chi connectivity index (χ3v) is 3.88. The van der Waals surface area contributed by atoms with Gasteiger partial charge in [0.2, 0.25) is 0 Å². The maximum atomic E-state index is 10.4. The number of benzene rings is 1. The molecular formula is C16H16O3S. The van der Waals surface area contributed by atoms with Gasteiger partial charge in [-0.3, -0.25) is 0 Å². The second kappa shape index (κ2) is 6.39. The van der Waals surface area contributed by atoms with Crippen LogP contribution in [0.4, 0.5) is 0 Å². The van der Waals surface area contributed by atoms with Crippen molar-refractivity contribution >= 4 is 23.4 Å². The predicted molar refractivity (Wildman–Crippen MR) is 81.2 cm³/mol. The molecule has 0 unspecified atom stereocenters. The average Bonchev–Trinajstić information content (AvgIpc) is 2.86. The minimum absolute atomic E-state index is 0.494. The molecule has 0 amide bonds. The molecule has 0 spiro atoms. The van der Waals surface area contributed by atoms with E-state index in [0.29, 0.717) is 6.61 Å². The van der Waals surface area contributed by atoms with Crippen LogP contribution in [-0.2, 0) is 11.4 Å². The molecule has 0 aliphatic carbocycles. The molecule has 1 aromatic carbocycles. The van der Waals surface area contributed by atoms with E-state index in [4.69, 9.17) is 9.84 Å². The van der Waals surface area contributed by atoms with Gasteiger partial charge >= 0.3 is 5.97 Å². The molecule has 0 fully saturated rings. The summed E-state index contributed by atoms with van der Waals surface area (Å²) in [5.74, 6) is -0.0896. The number of thiophene rings is 1. The smallest absolute Gasteiger partial charge is 0.328 e. The summed E-state index contributed by atoms with van der Waals surface area (Å²) >= 11 is 1.56. The fraction of sp³-hybridized carbons (Fsp3) is 0.188. The van der Waals surface area contributed by atoms with E-state index < -0.39 is 5.97 Å².